The van der Waals surface area contributed by atoms with Gasteiger partial charge in [0.2, 0.25) is 0 Å². The molecular weight excluding hydrogens is 310 g/mol. The Morgan fingerprint density at radius 1 is 1.20 bits per heavy atom. The topological polar surface area (TPSA) is 35.0 Å². The molecule has 0 aliphatic rings. The van der Waals surface area contributed by atoms with E-state index >= 15 is 0 Å². The first-order chi connectivity index (χ1) is 7.24. The maximum absolute atomic E-state index is 12.8. The van der Waals surface area contributed by atoms with Gasteiger partial charge in [0, 0.05) is 22.0 Å². The summed E-state index contributed by atoms with van der Waals surface area (Å²) in [7, 11) is 0. The van der Waals surface area contributed by atoms with Crippen molar-refractivity contribution in [1.29, 1.82) is 0 Å². The second-order valence-corrected chi connectivity index (χ2v) is 3.99. The van der Waals surface area contributed by atoms with Crippen molar-refractivity contribution in [2.75, 3.05) is 0 Å². The molecule has 0 amide bonds. The molecule has 2 aromatic rings. The SMILES string of the molecule is Fc1cccc(Oc2ncc(I)cn2)c1. The molecule has 0 saturated heterocycles. The van der Waals surface area contributed by atoms with Gasteiger partial charge < -0.3 is 4.74 Å². The van der Waals surface area contributed by atoms with Gasteiger partial charge in [-0.05, 0) is 34.7 Å². The van der Waals surface area contributed by atoms with Crippen LogP contribution in [0.5, 0.6) is 11.8 Å². The van der Waals surface area contributed by atoms with Crippen molar-refractivity contribution in [2.24, 2.45) is 0 Å². The summed E-state index contributed by atoms with van der Waals surface area (Å²) in [6.45, 7) is 0. The standard InChI is InChI=1S/C10H6FIN2O/c11-7-2-1-3-9(4-7)15-10-13-5-8(12)6-14-10/h1-6H. The van der Waals surface area contributed by atoms with Crippen LogP contribution in [0.25, 0.3) is 0 Å². The van der Waals surface area contributed by atoms with Gasteiger partial charge in [0.05, 0.1) is 0 Å². The first kappa shape index (κ1) is 10.3. The molecule has 0 bridgehead atoms. The third-order valence-electron chi connectivity index (χ3n) is 1.60. The maximum atomic E-state index is 12.8. The third-order valence-corrected chi connectivity index (χ3v) is 2.16. The number of halogens is 2. The number of hydrogen-bond donors (Lipinski definition) is 0. The van der Waals surface area contributed by atoms with Crippen molar-refractivity contribution in [1.82, 2.24) is 9.97 Å². The first-order valence-electron chi connectivity index (χ1n) is 4.15. The molecule has 0 saturated carbocycles. The molecule has 5 heteroatoms. The zero-order valence-corrected chi connectivity index (χ0v) is 9.68. The van der Waals surface area contributed by atoms with Gasteiger partial charge in [-0.15, -0.1) is 0 Å². The number of hydrogen-bond acceptors (Lipinski definition) is 3. The van der Waals surface area contributed by atoms with Crippen molar-refractivity contribution in [2.45, 2.75) is 0 Å². The summed E-state index contributed by atoms with van der Waals surface area (Å²) in [5.41, 5.74) is 0. The second kappa shape index (κ2) is 4.52. The Balaban J connectivity index is 2.18. The maximum Gasteiger partial charge on any atom is 0.321 e. The molecule has 0 aliphatic heterocycles. The highest BCUT2D eigenvalue weighted by atomic mass is 127. The van der Waals surface area contributed by atoms with E-state index in [-0.39, 0.29) is 11.8 Å². The van der Waals surface area contributed by atoms with Gasteiger partial charge in [-0.2, -0.15) is 0 Å². The van der Waals surface area contributed by atoms with E-state index in [1.807, 2.05) is 0 Å². The van der Waals surface area contributed by atoms with E-state index in [0.29, 0.717) is 5.75 Å². The number of ether oxygens (including phenoxy) is 1. The fourth-order valence-corrected chi connectivity index (χ4v) is 1.27. The van der Waals surface area contributed by atoms with Gasteiger partial charge in [-0.1, -0.05) is 6.07 Å². The number of nitrogens with zero attached hydrogens (tertiary/aromatic N) is 2. The number of rotatable bonds is 2. The summed E-state index contributed by atoms with van der Waals surface area (Å²) < 4.78 is 19.0. The molecular formula is C10H6FIN2O. The summed E-state index contributed by atoms with van der Waals surface area (Å²) in [6.07, 6.45) is 3.25. The van der Waals surface area contributed by atoms with E-state index in [2.05, 4.69) is 32.6 Å². The van der Waals surface area contributed by atoms with Crippen molar-refractivity contribution < 1.29 is 9.13 Å². The molecule has 0 atom stereocenters. The van der Waals surface area contributed by atoms with Gasteiger partial charge in [0.25, 0.3) is 0 Å². The highest BCUT2D eigenvalue weighted by molar-refractivity contribution is 14.1. The van der Waals surface area contributed by atoms with Gasteiger partial charge in [-0.25, -0.2) is 14.4 Å². The summed E-state index contributed by atoms with van der Waals surface area (Å²) in [5, 5.41) is 0. The summed E-state index contributed by atoms with van der Waals surface area (Å²) >= 11 is 2.09. The van der Waals surface area contributed by atoms with Gasteiger partial charge in [-0.3, -0.25) is 0 Å². The van der Waals surface area contributed by atoms with Gasteiger partial charge >= 0.3 is 6.01 Å². The molecule has 0 fully saturated rings. The Kier molecular flexibility index (Phi) is 3.10. The molecule has 0 unspecified atom stereocenters. The normalized spacial score (nSPS) is 10.0. The number of benzene rings is 1. The highest BCUT2D eigenvalue weighted by Crippen LogP contribution is 2.18. The van der Waals surface area contributed by atoms with Crippen molar-refractivity contribution in [3.63, 3.8) is 0 Å². The Labute approximate surface area is 99.5 Å². The van der Waals surface area contributed by atoms with E-state index < -0.39 is 0 Å². The van der Waals surface area contributed by atoms with Gasteiger partial charge in [0.1, 0.15) is 11.6 Å². The molecule has 0 aliphatic carbocycles. The number of aromatic nitrogens is 2. The fourth-order valence-electron chi connectivity index (χ4n) is 0.989. The van der Waals surface area contributed by atoms with E-state index in [4.69, 9.17) is 4.74 Å². The van der Waals surface area contributed by atoms with Crippen LogP contribution in [0.15, 0.2) is 36.7 Å². The average molecular weight is 316 g/mol. The predicted molar refractivity (Wildman–Crippen MR) is 61.2 cm³/mol. The van der Waals surface area contributed by atoms with Crippen LogP contribution in [0, 0.1) is 9.39 Å². The fraction of sp³-hybridized carbons (Fsp3) is 0. The van der Waals surface area contributed by atoms with E-state index in [9.17, 15) is 4.39 Å². The minimum absolute atomic E-state index is 0.209. The molecule has 0 radical (unpaired) electrons. The lowest BCUT2D eigenvalue weighted by Crippen LogP contribution is -1.91. The van der Waals surface area contributed by atoms with Crippen LogP contribution in [0.2, 0.25) is 0 Å². The molecule has 0 spiro atoms. The van der Waals surface area contributed by atoms with Crippen LogP contribution < -0.4 is 4.74 Å². The largest absolute Gasteiger partial charge is 0.424 e. The zero-order valence-electron chi connectivity index (χ0n) is 7.52. The summed E-state index contributed by atoms with van der Waals surface area (Å²) in [4.78, 5) is 7.88. The van der Waals surface area contributed by atoms with Crippen molar-refractivity contribution in [3.8, 4) is 11.8 Å². The Morgan fingerprint density at radius 3 is 2.60 bits per heavy atom. The van der Waals surface area contributed by atoms with E-state index in [1.54, 1.807) is 24.5 Å². The van der Waals surface area contributed by atoms with Crippen LogP contribution in [0.1, 0.15) is 0 Å². The Morgan fingerprint density at radius 2 is 1.93 bits per heavy atom. The lowest BCUT2D eigenvalue weighted by Gasteiger charge is -2.02. The van der Waals surface area contributed by atoms with Crippen LogP contribution in [0.3, 0.4) is 0 Å². The lowest BCUT2D eigenvalue weighted by atomic mass is 10.3. The van der Waals surface area contributed by atoms with E-state index in [0.717, 1.165) is 3.57 Å². The first-order valence-corrected chi connectivity index (χ1v) is 5.23. The summed E-state index contributed by atoms with van der Waals surface area (Å²) in [5.74, 6) is 0.0363. The summed E-state index contributed by atoms with van der Waals surface area (Å²) in [6, 6.07) is 6.05. The van der Waals surface area contributed by atoms with Crippen LogP contribution in [0.4, 0.5) is 4.39 Å². The Bertz CT molecular complexity index is 461. The molecule has 2 rings (SSSR count). The highest BCUT2D eigenvalue weighted by Gasteiger charge is 2.00. The predicted octanol–water partition coefficient (Wildman–Crippen LogP) is 3.01. The molecule has 76 valence electrons. The van der Waals surface area contributed by atoms with Crippen LogP contribution in [-0.2, 0) is 0 Å². The molecule has 0 N–H and O–H groups in total. The van der Waals surface area contributed by atoms with Gasteiger partial charge in [0.15, 0.2) is 0 Å². The minimum atomic E-state index is -0.349. The molecule has 1 aromatic heterocycles. The van der Waals surface area contributed by atoms with Crippen LogP contribution >= 0.6 is 22.6 Å². The second-order valence-electron chi connectivity index (χ2n) is 2.74. The average Bonchev–Trinajstić information content (AvgIpc) is 2.22. The molecule has 1 aromatic carbocycles. The monoisotopic (exact) mass is 316 g/mol. The third kappa shape index (κ3) is 2.85. The van der Waals surface area contributed by atoms with Crippen molar-refractivity contribution >= 4 is 22.6 Å². The van der Waals surface area contributed by atoms with E-state index in [1.165, 1.54) is 12.1 Å². The minimum Gasteiger partial charge on any atom is -0.424 e. The van der Waals surface area contributed by atoms with Crippen LogP contribution in [-0.4, -0.2) is 9.97 Å². The molecule has 15 heavy (non-hydrogen) atoms. The lowest BCUT2D eigenvalue weighted by molar-refractivity contribution is 0.437. The quantitative estimate of drug-likeness (QED) is 0.799. The molecule has 1 heterocycles. The molecule has 3 nitrogen and oxygen atoms in total. The smallest absolute Gasteiger partial charge is 0.321 e. The van der Waals surface area contributed by atoms with Crippen molar-refractivity contribution in [3.05, 3.63) is 46.0 Å². The zero-order chi connectivity index (χ0) is 10.7. The Hall–Kier alpha value is -1.24.